The lowest BCUT2D eigenvalue weighted by Crippen LogP contribution is -2.36. The predicted molar refractivity (Wildman–Crippen MR) is 98.3 cm³/mol. The Morgan fingerprint density at radius 2 is 1.76 bits per heavy atom. The number of sulfonamides is 1. The molecular formula is C17H17BrN2O4S. The lowest BCUT2D eigenvalue weighted by Gasteiger charge is -2.28. The van der Waals surface area contributed by atoms with E-state index in [0.717, 1.165) is 18.8 Å². The molecule has 0 saturated carbocycles. The quantitative estimate of drug-likeness (QED) is 0.815. The second-order valence-electron chi connectivity index (χ2n) is 5.54. The van der Waals surface area contributed by atoms with Gasteiger partial charge < -0.3 is 9.64 Å². The third-order valence-electron chi connectivity index (χ3n) is 3.84. The monoisotopic (exact) mass is 424 g/mol. The maximum atomic E-state index is 12.3. The summed E-state index contributed by atoms with van der Waals surface area (Å²) >= 11 is 3.22. The molecule has 0 radical (unpaired) electrons. The summed E-state index contributed by atoms with van der Waals surface area (Å²) in [6, 6.07) is 13.1. The van der Waals surface area contributed by atoms with Gasteiger partial charge in [-0.25, -0.2) is 13.1 Å². The number of ether oxygens (including phenoxy) is 1. The van der Waals surface area contributed by atoms with Gasteiger partial charge in [-0.15, -0.1) is 0 Å². The van der Waals surface area contributed by atoms with Gasteiger partial charge in [0.15, 0.2) is 0 Å². The molecule has 1 heterocycles. The number of hydrogen-bond donors (Lipinski definition) is 1. The molecule has 25 heavy (non-hydrogen) atoms. The number of carbonyl (C=O) groups is 1. The van der Waals surface area contributed by atoms with Crippen LogP contribution in [0.25, 0.3) is 0 Å². The molecule has 1 aliphatic rings. The Morgan fingerprint density at radius 1 is 1.08 bits per heavy atom. The Kier molecular flexibility index (Phi) is 5.41. The van der Waals surface area contributed by atoms with Crippen LogP contribution in [0.15, 0.2) is 57.9 Å². The van der Waals surface area contributed by atoms with Crippen LogP contribution in [0.3, 0.4) is 0 Å². The average molecular weight is 425 g/mol. The number of carbonyl (C=O) groups excluding carboxylic acids is 1. The zero-order valence-electron chi connectivity index (χ0n) is 13.3. The fourth-order valence-corrected chi connectivity index (χ4v) is 4.09. The van der Waals surface area contributed by atoms with E-state index in [1.807, 2.05) is 12.1 Å². The van der Waals surface area contributed by atoms with Gasteiger partial charge >= 0.3 is 0 Å². The third-order valence-corrected chi connectivity index (χ3v) is 5.66. The van der Waals surface area contributed by atoms with Crippen LogP contribution in [-0.2, 0) is 14.8 Å². The molecule has 1 aliphatic heterocycles. The number of nitrogens with zero attached hydrogens (tertiary/aromatic N) is 1. The Hall–Kier alpha value is -1.90. The maximum absolute atomic E-state index is 12.3. The minimum Gasteiger partial charge on any atom is -0.378 e. The lowest BCUT2D eigenvalue weighted by atomic mass is 10.2. The predicted octanol–water partition coefficient (Wildman–Crippen LogP) is 2.40. The highest BCUT2D eigenvalue weighted by atomic mass is 79.9. The van der Waals surface area contributed by atoms with Gasteiger partial charge in [0.2, 0.25) is 0 Å². The molecule has 0 atom stereocenters. The van der Waals surface area contributed by atoms with Gasteiger partial charge in [-0.1, -0.05) is 22.0 Å². The number of morpholine rings is 1. The first-order valence-corrected chi connectivity index (χ1v) is 9.99. The standard InChI is InChI=1S/C17H17BrN2O4S/c18-14-2-1-3-16(12-14)25(22,23)19-17(21)13-4-6-15(7-5-13)20-8-10-24-11-9-20/h1-7,12H,8-11H2,(H,19,21). The molecule has 8 heteroatoms. The van der Waals surface area contributed by atoms with E-state index in [0.29, 0.717) is 17.7 Å². The van der Waals surface area contributed by atoms with Crippen LogP contribution in [0.2, 0.25) is 0 Å². The SMILES string of the molecule is O=C(NS(=O)(=O)c1cccc(Br)c1)c1ccc(N2CCOCC2)cc1. The van der Waals surface area contributed by atoms with Crippen molar-refractivity contribution < 1.29 is 17.9 Å². The summed E-state index contributed by atoms with van der Waals surface area (Å²) < 4.78 is 32.6. The number of benzene rings is 2. The molecule has 1 fully saturated rings. The maximum Gasteiger partial charge on any atom is 0.264 e. The first-order valence-electron chi connectivity index (χ1n) is 7.71. The Morgan fingerprint density at radius 3 is 2.40 bits per heavy atom. The van der Waals surface area contributed by atoms with Crippen molar-refractivity contribution in [2.45, 2.75) is 4.90 Å². The molecule has 132 valence electrons. The summed E-state index contributed by atoms with van der Waals surface area (Å²) in [6.45, 7) is 2.94. The summed E-state index contributed by atoms with van der Waals surface area (Å²) in [5.74, 6) is -0.659. The van der Waals surface area contributed by atoms with Crippen LogP contribution < -0.4 is 9.62 Å². The minimum atomic E-state index is -3.92. The Balaban J connectivity index is 1.72. The molecule has 0 unspecified atom stereocenters. The summed E-state index contributed by atoms with van der Waals surface area (Å²) in [5.41, 5.74) is 1.27. The second-order valence-corrected chi connectivity index (χ2v) is 8.14. The topological polar surface area (TPSA) is 75.7 Å². The van der Waals surface area contributed by atoms with Crippen molar-refractivity contribution in [3.8, 4) is 0 Å². The van der Waals surface area contributed by atoms with Crippen molar-refractivity contribution in [3.05, 3.63) is 58.6 Å². The van der Waals surface area contributed by atoms with E-state index in [2.05, 4.69) is 25.6 Å². The van der Waals surface area contributed by atoms with E-state index < -0.39 is 15.9 Å². The molecule has 3 rings (SSSR count). The van der Waals surface area contributed by atoms with Crippen molar-refractivity contribution in [3.63, 3.8) is 0 Å². The average Bonchev–Trinajstić information content (AvgIpc) is 2.62. The largest absolute Gasteiger partial charge is 0.378 e. The molecule has 2 aromatic rings. The third kappa shape index (κ3) is 4.39. The summed E-state index contributed by atoms with van der Waals surface area (Å²) in [6.07, 6.45) is 0. The molecule has 0 aliphatic carbocycles. The first kappa shape index (κ1) is 17.9. The first-order chi connectivity index (χ1) is 12.0. The zero-order valence-corrected chi connectivity index (χ0v) is 15.7. The van der Waals surface area contributed by atoms with E-state index in [4.69, 9.17) is 4.74 Å². The van der Waals surface area contributed by atoms with Gasteiger partial charge in [-0.3, -0.25) is 4.79 Å². The van der Waals surface area contributed by atoms with Gasteiger partial charge in [0.25, 0.3) is 15.9 Å². The number of hydrogen-bond acceptors (Lipinski definition) is 5. The summed E-state index contributed by atoms with van der Waals surface area (Å²) in [5, 5.41) is 0. The molecule has 0 bridgehead atoms. The highest BCUT2D eigenvalue weighted by Crippen LogP contribution is 2.18. The van der Waals surface area contributed by atoms with Crippen molar-refractivity contribution >= 4 is 37.5 Å². The molecule has 6 nitrogen and oxygen atoms in total. The van der Waals surface area contributed by atoms with Gasteiger partial charge in [0, 0.05) is 28.8 Å². The minimum absolute atomic E-state index is 0.0279. The number of halogens is 1. The van der Waals surface area contributed by atoms with Crippen molar-refractivity contribution in [2.24, 2.45) is 0 Å². The van der Waals surface area contributed by atoms with Gasteiger partial charge in [0.1, 0.15) is 0 Å². The molecule has 0 spiro atoms. The number of anilines is 1. The fraction of sp³-hybridized carbons (Fsp3) is 0.235. The molecule has 0 aromatic heterocycles. The normalized spacial score (nSPS) is 15.0. The van der Waals surface area contributed by atoms with E-state index in [-0.39, 0.29) is 10.5 Å². The summed E-state index contributed by atoms with van der Waals surface area (Å²) in [4.78, 5) is 14.5. The molecular weight excluding hydrogens is 408 g/mol. The van der Waals surface area contributed by atoms with Crippen LogP contribution in [0.5, 0.6) is 0 Å². The van der Waals surface area contributed by atoms with Crippen molar-refractivity contribution in [1.29, 1.82) is 0 Å². The fourth-order valence-electron chi connectivity index (χ4n) is 2.52. The van der Waals surface area contributed by atoms with Gasteiger partial charge in [-0.05, 0) is 42.5 Å². The smallest absolute Gasteiger partial charge is 0.264 e. The van der Waals surface area contributed by atoms with Crippen LogP contribution in [0.1, 0.15) is 10.4 Å². The molecule has 1 N–H and O–H groups in total. The van der Waals surface area contributed by atoms with Crippen molar-refractivity contribution in [1.82, 2.24) is 4.72 Å². The number of nitrogens with one attached hydrogen (secondary N) is 1. The Labute approximate surface area is 155 Å². The molecule has 1 saturated heterocycles. The Bertz CT molecular complexity index is 862. The molecule has 2 aromatic carbocycles. The van der Waals surface area contributed by atoms with E-state index in [1.54, 1.807) is 24.3 Å². The number of rotatable bonds is 4. The zero-order chi connectivity index (χ0) is 17.9. The van der Waals surface area contributed by atoms with Crippen LogP contribution in [0.4, 0.5) is 5.69 Å². The second kappa shape index (κ2) is 7.55. The van der Waals surface area contributed by atoms with Gasteiger partial charge in [0.05, 0.1) is 18.1 Å². The van der Waals surface area contributed by atoms with Crippen LogP contribution in [-0.4, -0.2) is 40.6 Å². The van der Waals surface area contributed by atoms with Crippen LogP contribution >= 0.6 is 15.9 Å². The van der Waals surface area contributed by atoms with Crippen molar-refractivity contribution in [2.75, 3.05) is 31.2 Å². The lowest BCUT2D eigenvalue weighted by molar-refractivity contribution is 0.0981. The van der Waals surface area contributed by atoms with E-state index in [9.17, 15) is 13.2 Å². The summed E-state index contributed by atoms with van der Waals surface area (Å²) in [7, 11) is -3.92. The highest BCUT2D eigenvalue weighted by Gasteiger charge is 2.19. The number of amides is 1. The molecule has 1 amide bonds. The van der Waals surface area contributed by atoms with E-state index >= 15 is 0 Å². The van der Waals surface area contributed by atoms with Gasteiger partial charge in [-0.2, -0.15) is 0 Å². The van der Waals surface area contributed by atoms with E-state index in [1.165, 1.54) is 12.1 Å². The van der Waals surface area contributed by atoms with Crippen LogP contribution in [0, 0.1) is 0 Å². The highest BCUT2D eigenvalue weighted by molar-refractivity contribution is 9.10.